The number of carbonyl (C=O) groups excluding carboxylic acids is 1. The van der Waals surface area contributed by atoms with Crippen LogP contribution in [0.2, 0.25) is 5.02 Å². The molecule has 0 fully saturated rings. The largest absolute Gasteiger partial charge is 0.487 e. The Morgan fingerprint density at radius 3 is 2.72 bits per heavy atom. The second kappa shape index (κ2) is 8.06. The van der Waals surface area contributed by atoms with Crippen molar-refractivity contribution < 1.29 is 9.53 Å². The number of aryl methyl sites for hydroxylation is 1. The molecule has 8 heteroatoms. The normalized spacial score (nSPS) is 10.8. The van der Waals surface area contributed by atoms with Gasteiger partial charge in [0, 0.05) is 22.8 Å². The van der Waals surface area contributed by atoms with Crippen LogP contribution >= 0.6 is 22.9 Å². The molecule has 1 amide bonds. The molecule has 0 radical (unpaired) electrons. The molecule has 6 nitrogen and oxygen atoms in total. The average Bonchev–Trinajstić information content (AvgIpc) is 3.08. The monoisotopic (exact) mass is 425 g/mol. The Labute approximate surface area is 175 Å². The van der Waals surface area contributed by atoms with Gasteiger partial charge in [-0.3, -0.25) is 14.0 Å². The van der Waals surface area contributed by atoms with Crippen molar-refractivity contribution in [2.24, 2.45) is 0 Å². The number of hydrogen-bond acceptors (Lipinski definition) is 5. The van der Waals surface area contributed by atoms with E-state index in [4.69, 9.17) is 16.3 Å². The fraction of sp³-hybridized carbons (Fsp3) is 0.0952. The summed E-state index contributed by atoms with van der Waals surface area (Å²) >= 11 is 7.50. The molecule has 4 aromatic rings. The number of hydrogen-bond donors (Lipinski definition) is 1. The zero-order valence-corrected chi connectivity index (χ0v) is 17.0. The smallest absolute Gasteiger partial charge is 0.258 e. The van der Waals surface area contributed by atoms with Gasteiger partial charge < -0.3 is 10.1 Å². The predicted octanol–water partition coefficient (Wildman–Crippen LogP) is 4.55. The molecule has 0 saturated heterocycles. The highest BCUT2D eigenvalue weighted by molar-refractivity contribution is 7.16. The molecule has 0 saturated carbocycles. The number of aromatic nitrogens is 2. The van der Waals surface area contributed by atoms with Crippen LogP contribution < -0.4 is 15.6 Å². The summed E-state index contributed by atoms with van der Waals surface area (Å²) in [6.45, 7) is 2.11. The highest BCUT2D eigenvalue weighted by Gasteiger charge is 2.10. The third kappa shape index (κ3) is 4.31. The minimum Gasteiger partial charge on any atom is -0.487 e. The Morgan fingerprint density at radius 1 is 1.21 bits per heavy atom. The van der Waals surface area contributed by atoms with E-state index in [1.807, 2.05) is 6.92 Å². The summed E-state index contributed by atoms with van der Waals surface area (Å²) in [4.78, 5) is 30.6. The first-order valence-electron chi connectivity index (χ1n) is 8.77. The van der Waals surface area contributed by atoms with Gasteiger partial charge in [-0.05, 0) is 43.3 Å². The topological polar surface area (TPSA) is 72.7 Å². The van der Waals surface area contributed by atoms with Crippen LogP contribution in [0.4, 0.5) is 5.69 Å². The number of thiazole rings is 1. The number of anilines is 1. The van der Waals surface area contributed by atoms with Gasteiger partial charge in [-0.1, -0.05) is 23.7 Å². The summed E-state index contributed by atoms with van der Waals surface area (Å²) in [6, 6.07) is 15.3. The molecule has 4 rings (SSSR count). The number of halogens is 1. The van der Waals surface area contributed by atoms with Crippen molar-refractivity contribution in [1.29, 1.82) is 0 Å². The molecule has 0 bridgehead atoms. The highest BCUT2D eigenvalue weighted by Crippen LogP contribution is 2.20. The molecule has 0 atom stereocenters. The molecule has 0 unspecified atom stereocenters. The zero-order valence-electron chi connectivity index (χ0n) is 15.4. The SMILES string of the molecule is Cc1cn2c(=O)cc(COc3ccc(NC(=O)c4ccccc4Cl)cc3)nc2s1. The number of ether oxygens (including phenoxy) is 1. The fourth-order valence-corrected chi connectivity index (χ4v) is 3.84. The first-order valence-corrected chi connectivity index (χ1v) is 9.96. The Kier molecular flexibility index (Phi) is 5.33. The molecule has 0 aliphatic heterocycles. The van der Waals surface area contributed by atoms with Gasteiger partial charge in [0.15, 0.2) is 4.96 Å². The molecule has 0 aliphatic rings. The third-order valence-electron chi connectivity index (χ3n) is 4.15. The lowest BCUT2D eigenvalue weighted by Crippen LogP contribution is -2.14. The standard InChI is InChI=1S/C21H16ClN3O3S/c1-13-11-25-19(26)10-15(24-21(25)29-13)12-28-16-8-6-14(7-9-16)23-20(27)17-4-2-3-5-18(17)22/h2-11H,12H2,1H3,(H,23,27). The molecule has 146 valence electrons. The van der Waals surface area contributed by atoms with Gasteiger partial charge in [0.05, 0.1) is 16.3 Å². The average molecular weight is 426 g/mol. The van der Waals surface area contributed by atoms with Crippen molar-refractivity contribution in [1.82, 2.24) is 9.38 Å². The van der Waals surface area contributed by atoms with Crippen LogP contribution in [0.1, 0.15) is 20.9 Å². The third-order valence-corrected chi connectivity index (χ3v) is 5.38. The minimum atomic E-state index is -0.284. The van der Waals surface area contributed by atoms with Crippen LogP contribution in [0.3, 0.4) is 0 Å². The molecule has 1 N–H and O–H groups in total. The summed E-state index contributed by atoms with van der Waals surface area (Å²) in [5.41, 5.74) is 1.46. The second-order valence-corrected chi connectivity index (χ2v) is 7.95. The molecule has 2 aromatic heterocycles. The van der Waals surface area contributed by atoms with Crippen LogP contribution in [0, 0.1) is 6.92 Å². The molecule has 29 heavy (non-hydrogen) atoms. The van der Waals surface area contributed by atoms with Crippen LogP contribution in [0.25, 0.3) is 4.96 Å². The molecular weight excluding hydrogens is 410 g/mol. The number of carbonyl (C=O) groups is 1. The number of amides is 1. The number of rotatable bonds is 5. The van der Waals surface area contributed by atoms with Gasteiger partial charge in [0.25, 0.3) is 11.5 Å². The van der Waals surface area contributed by atoms with E-state index >= 15 is 0 Å². The van der Waals surface area contributed by atoms with E-state index in [-0.39, 0.29) is 18.1 Å². The minimum absolute atomic E-state index is 0.129. The van der Waals surface area contributed by atoms with Crippen molar-refractivity contribution in [3.63, 3.8) is 0 Å². The maximum Gasteiger partial charge on any atom is 0.258 e. The summed E-state index contributed by atoms with van der Waals surface area (Å²) < 4.78 is 7.25. The Morgan fingerprint density at radius 2 is 1.97 bits per heavy atom. The summed E-state index contributed by atoms with van der Waals surface area (Å²) in [6.07, 6.45) is 1.77. The quantitative estimate of drug-likeness (QED) is 0.509. The highest BCUT2D eigenvalue weighted by atomic mass is 35.5. The van der Waals surface area contributed by atoms with Crippen molar-refractivity contribution >= 4 is 39.5 Å². The number of nitrogens with one attached hydrogen (secondary N) is 1. The Bertz CT molecular complexity index is 1250. The summed E-state index contributed by atoms with van der Waals surface area (Å²) in [5.74, 6) is 0.318. The molecule has 0 spiro atoms. The van der Waals surface area contributed by atoms with Crippen molar-refractivity contribution in [2.45, 2.75) is 13.5 Å². The van der Waals surface area contributed by atoms with Gasteiger partial charge >= 0.3 is 0 Å². The van der Waals surface area contributed by atoms with E-state index in [0.717, 1.165) is 4.88 Å². The molecule has 2 aromatic carbocycles. The lowest BCUT2D eigenvalue weighted by molar-refractivity contribution is 0.102. The number of fused-ring (bicyclic) bond motifs is 1. The first kappa shape index (κ1) is 19.2. The maximum absolute atomic E-state index is 12.3. The molecular formula is C21H16ClN3O3S. The van der Waals surface area contributed by atoms with Gasteiger partial charge in [0.2, 0.25) is 0 Å². The summed E-state index contributed by atoms with van der Waals surface area (Å²) in [5, 5.41) is 3.19. The van der Waals surface area contributed by atoms with Crippen LogP contribution in [-0.2, 0) is 6.61 Å². The lowest BCUT2D eigenvalue weighted by Gasteiger charge is -2.09. The van der Waals surface area contributed by atoms with Gasteiger partial charge in [-0.2, -0.15) is 0 Å². The van der Waals surface area contributed by atoms with E-state index in [1.54, 1.807) is 54.7 Å². The maximum atomic E-state index is 12.3. The predicted molar refractivity (Wildman–Crippen MR) is 114 cm³/mol. The van der Waals surface area contributed by atoms with E-state index < -0.39 is 0 Å². The molecule has 0 aliphatic carbocycles. The Balaban J connectivity index is 1.41. The number of nitrogens with zero attached hydrogens (tertiary/aromatic N) is 2. The van der Waals surface area contributed by atoms with Gasteiger partial charge in [0.1, 0.15) is 12.4 Å². The fourth-order valence-electron chi connectivity index (χ4n) is 2.77. The van der Waals surface area contributed by atoms with Crippen molar-refractivity contribution in [2.75, 3.05) is 5.32 Å². The van der Waals surface area contributed by atoms with Crippen molar-refractivity contribution in [3.05, 3.63) is 92.3 Å². The first-order chi connectivity index (χ1) is 14.0. The number of benzene rings is 2. The van der Waals surface area contributed by atoms with Gasteiger partial charge in [-0.25, -0.2) is 4.98 Å². The van der Waals surface area contributed by atoms with E-state index in [9.17, 15) is 9.59 Å². The van der Waals surface area contributed by atoms with E-state index in [0.29, 0.717) is 32.7 Å². The van der Waals surface area contributed by atoms with Crippen molar-refractivity contribution in [3.8, 4) is 5.75 Å². The second-order valence-electron chi connectivity index (χ2n) is 6.33. The summed E-state index contributed by atoms with van der Waals surface area (Å²) in [7, 11) is 0. The lowest BCUT2D eigenvalue weighted by atomic mass is 10.2. The Hall–Kier alpha value is -3.16. The van der Waals surface area contributed by atoms with Crippen LogP contribution in [0.15, 0.2) is 65.6 Å². The van der Waals surface area contributed by atoms with Crippen LogP contribution in [-0.4, -0.2) is 15.3 Å². The van der Waals surface area contributed by atoms with Gasteiger partial charge in [-0.15, -0.1) is 11.3 Å². The van der Waals surface area contributed by atoms with E-state index in [2.05, 4.69) is 10.3 Å². The zero-order chi connectivity index (χ0) is 20.4. The van der Waals surface area contributed by atoms with Crippen LogP contribution in [0.5, 0.6) is 5.75 Å². The molecule has 2 heterocycles. The van der Waals surface area contributed by atoms with E-state index in [1.165, 1.54) is 21.8 Å².